The minimum absolute atomic E-state index is 0.266. The summed E-state index contributed by atoms with van der Waals surface area (Å²) in [4.78, 5) is 13.1. The van der Waals surface area contributed by atoms with Gasteiger partial charge in [0.05, 0.1) is 16.6 Å². The van der Waals surface area contributed by atoms with Gasteiger partial charge in [0, 0.05) is 49.0 Å². The van der Waals surface area contributed by atoms with Crippen molar-refractivity contribution in [2.75, 3.05) is 0 Å². The van der Waals surface area contributed by atoms with E-state index in [2.05, 4.69) is 101 Å². The highest BCUT2D eigenvalue weighted by Gasteiger charge is 2.16. The molecule has 0 bridgehead atoms. The lowest BCUT2D eigenvalue weighted by Crippen LogP contribution is -1.99. The van der Waals surface area contributed by atoms with E-state index in [0.29, 0.717) is 0 Å². The Balaban J connectivity index is 1.40. The van der Waals surface area contributed by atoms with Crippen LogP contribution in [0.1, 0.15) is 24.6 Å². The molecule has 0 saturated carbocycles. The number of rotatable bonds is 7. The summed E-state index contributed by atoms with van der Waals surface area (Å²) in [5.41, 5.74) is 6.74. The molecule has 5 nitrogen and oxygen atoms in total. The normalized spacial score (nSPS) is 12.0. The number of carboxylic acid groups (broad SMARTS) is 1. The third kappa shape index (κ3) is 4.18. The minimum atomic E-state index is -1.21. The lowest BCUT2D eigenvalue weighted by molar-refractivity contribution is -0.132. The Labute approximate surface area is 246 Å². The van der Waals surface area contributed by atoms with Gasteiger partial charge in [-0.15, -0.1) is 11.3 Å². The summed E-state index contributed by atoms with van der Waals surface area (Å²) in [6.45, 7) is 3.13. The van der Waals surface area contributed by atoms with E-state index in [1.807, 2.05) is 12.1 Å². The molecular formula is C36H27N3O2S. The second-order valence-corrected chi connectivity index (χ2v) is 11.6. The highest BCUT2D eigenvalue weighted by atomic mass is 32.1. The molecule has 3 aromatic heterocycles. The quantitative estimate of drug-likeness (QED) is 0.155. The molecule has 0 aliphatic carbocycles. The monoisotopic (exact) mass is 565 g/mol. The van der Waals surface area contributed by atoms with Crippen LogP contribution in [0.5, 0.6) is 0 Å². The highest BCUT2D eigenvalue weighted by Crippen LogP contribution is 2.38. The van der Waals surface area contributed by atoms with Gasteiger partial charge < -0.3 is 14.2 Å². The van der Waals surface area contributed by atoms with E-state index in [1.54, 1.807) is 6.07 Å². The Bertz CT molecular complexity index is 2190. The maximum atomic E-state index is 11.3. The zero-order valence-corrected chi connectivity index (χ0v) is 23.9. The maximum Gasteiger partial charge on any atom is 0.346 e. The van der Waals surface area contributed by atoms with E-state index < -0.39 is 5.97 Å². The van der Waals surface area contributed by atoms with E-state index >= 15 is 0 Å². The number of benzene rings is 4. The Morgan fingerprint density at radius 2 is 1.48 bits per heavy atom. The van der Waals surface area contributed by atoms with Gasteiger partial charge in [-0.1, -0.05) is 67.9 Å². The van der Waals surface area contributed by atoms with Crippen molar-refractivity contribution in [3.63, 3.8) is 0 Å². The Morgan fingerprint density at radius 1 is 0.833 bits per heavy atom. The Kier molecular flexibility index (Phi) is 6.38. The molecule has 6 heteroatoms. The van der Waals surface area contributed by atoms with E-state index in [-0.39, 0.29) is 5.57 Å². The van der Waals surface area contributed by atoms with E-state index in [0.717, 1.165) is 40.4 Å². The molecule has 7 rings (SSSR count). The molecule has 204 valence electrons. The first-order valence-corrected chi connectivity index (χ1v) is 14.9. The second-order valence-electron chi connectivity index (χ2n) is 10.5. The van der Waals surface area contributed by atoms with Gasteiger partial charge in [0.2, 0.25) is 0 Å². The molecule has 0 aliphatic rings. The molecule has 3 heterocycles. The summed E-state index contributed by atoms with van der Waals surface area (Å²) in [5.74, 6) is -1.21. The van der Waals surface area contributed by atoms with Crippen LogP contribution < -0.4 is 0 Å². The molecule has 0 amide bonds. The molecule has 0 unspecified atom stereocenters. The van der Waals surface area contributed by atoms with Crippen molar-refractivity contribution in [1.82, 2.24) is 9.13 Å². The van der Waals surface area contributed by atoms with E-state index in [9.17, 15) is 9.90 Å². The van der Waals surface area contributed by atoms with Gasteiger partial charge in [0.15, 0.2) is 0 Å². The number of carbonyl (C=O) groups is 1. The number of aliphatic carboxylic acids is 1. The van der Waals surface area contributed by atoms with Crippen molar-refractivity contribution in [2.45, 2.75) is 26.3 Å². The average molecular weight is 566 g/mol. The number of carboxylic acids is 1. The fourth-order valence-electron chi connectivity index (χ4n) is 6.00. The number of aromatic nitrogens is 2. The number of aryl methyl sites for hydroxylation is 1. The number of para-hydroxylation sites is 2. The summed E-state index contributed by atoms with van der Waals surface area (Å²) in [5, 5.41) is 23.3. The lowest BCUT2D eigenvalue weighted by atomic mass is 10.1. The first-order chi connectivity index (χ1) is 20.6. The van der Waals surface area contributed by atoms with Crippen LogP contribution in [0.4, 0.5) is 0 Å². The first kappa shape index (κ1) is 25.8. The van der Waals surface area contributed by atoms with Crippen LogP contribution in [-0.4, -0.2) is 20.2 Å². The summed E-state index contributed by atoms with van der Waals surface area (Å²) in [7, 11) is 0. The van der Waals surface area contributed by atoms with Crippen molar-refractivity contribution < 1.29 is 9.90 Å². The minimum Gasteiger partial charge on any atom is -0.477 e. The van der Waals surface area contributed by atoms with Crippen LogP contribution in [0.25, 0.3) is 65.8 Å². The van der Waals surface area contributed by atoms with Crippen molar-refractivity contribution >= 4 is 67.0 Å². The van der Waals surface area contributed by atoms with Crippen molar-refractivity contribution in [3.05, 3.63) is 108 Å². The molecule has 1 N–H and O–H groups in total. The summed E-state index contributed by atoms with van der Waals surface area (Å²) < 4.78 is 4.81. The predicted molar refractivity (Wildman–Crippen MR) is 173 cm³/mol. The smallest absolute Gasteiger partial charge is 0.346 e. The molecule has 7 aromatic rings. The number of hydrogen-bond donors (Lipinski definition) is 1. The summed E-state index contributed by atoms with van der Waals surface area (Å²) >= 11 is 1.49. The van der Waals surface area contributed by atoms with Gasteiger partial charge >= 0.3 is 5.97 Å². The number of unbranched alkanes of at least 4 members (excludes halogenated alkanes) is 1. The fourth-order valence-corrected chi connectivity index (χ4v) is 6.95. The zero-order chi connectivity index (χ0) is 28.8. The number of fused-ring (bicyclic) bond motifs is 6. The number of thiophene rings is 1. The highest BCUT2D eigenvalue weighted by molar-refractivity contribution is 7.16. The summed E-state index contributed by atoms with van der Waals surface area (Å²) in [6, 6.07) is 36.2. The molecule has 0 atom stereocenters. The van der Waals surface area contributed by atoms with Crippen LogP contribution in [0.3, 0.4) is 0 Å². The van der Waals surface area contributed by atoms with Gasteiger partial charge in [0.1, 0.15) is 11.6 Å². The van der Waals surface area contributed by atoms with Crippen molar-refractivity contribution in [2.24, 2.45) is 0 Å². The van der Waals surface area contributed by atoms with Gasteiger partial charge in [-0.25, -0.2) is 4.79 Å². The van der Waals surface area contributed by atoms with Gasteiger partial charge in [-0.2, -0.15) is 5.26 Å². The Hall–Kier alpha value is -5.12. The molecular weight excluding hydrogens is 538 g/mol. The largest absolute Gasteiger partial charge is 0.477 e. The molecule has 0 fully saturated rings. The van der Waals surface area contributed by atoms with Gasteiger partial charge in [-0.05, 0) is 60.5 Å². The Morgan fingerprint density at radius 3 is 2.14 bits per heavy atom. The predicted octanol–water partition coefficient (Wildman–Crippen LogP) is 9.41. The lowest BCUT2D eigenvalue weighted by Gasteiger charge is -2.11. The van der Waals surface area contributed by atoms with E-state index in [1.165, 1.54) is 61.0 Å². The molecule has 0 spiro atoms. The number of hydrogen-bond acceptors (Lipinski definition) is 3. The number of nitriles is 1. The SMILES string of the molecule is CCCCn1c2cc(-c3ccc(/C=C(/C#N)C(=O)O)s3)ccc2c2ccc(-n3c4ccccc4c4ccccc43)cc21. The van der Waals surface area contributed by atoms with Crippen LogP contribution in [-0.2, 0) is 11.3 Å². The molecule has 42 heavy (non-hydrogen) atoms. The molecule has 4 aromatic carbocycles. The van der Waals surface area contributed by atoms with Crippen LogP contribution in [0.2, 0.25) is 0 Å². The third-order valence-electron chi connectivity index (χ3n) is 7.97. The van der Waals surface area contributed by atoms with Gasteiger partial charge in [0.25, 0.3) is 0 Å². The summed E-state index contributed by atoms with van der Waals surface area (Å²) in [6.07, 6.45) is 3.60. The maximum absolute atomic E-state index is 11.3. The standard InChI is InChI=1S/C36H27N3O2S/c1-2-3-18-38-33-20-23(35-17-14-26(42-35)19-24(22-37)36(40)41)12-15-29(33)30-16-13-25(21-34(30)38)39-31-10-6-4-8-27(31)28-9-5-7-11-32(28)39/h4-17,19-21H,2-3,18H2,1H3,(H,40,41)/b24-19-. The van der Waals surface area contributed by atoms with Crippen LogP contribution >= 0.6 is 11.3 Å². The van der Waals surface area contributed by atoms with Crippen LogP contribution in [0.15, 0.2) is 103 Å². The topological polar surface area (TPSA) is 70.9 Å². The fraction of sp³-hybridized carbons (Fsp3) is 0.111. The molecule has 0 aliphatic heterocycles. The first-order valence-electron chi connectivity index (χ1n) is 14.1. The van der Waals surface area contributed by atoms with E-state index in [4.69, 9.17) is 5.26 Å². The zero-order valence-electron chi connectivity index (χ0n) is 23.0. The van der Waals surface area contributed by atoms with Crippen LogP contribution in [0, 0.1) is 11.3 Å². The number of nitrogens with zero attached hydrogens (tertiary/aromatic N) is 3. The van der Waals surface area contributed by atoms with Crippen molar-refractivity contribution in [1.29, 1.82) is 5.26 Å². The third-order valence-corrected chi connectivity index (χ3v) is 9.05. The molecule has 0 saturated heterocycles. The average Bonchev–Trinajstić information content (AvgIpc) is 3.70. The van der Waals surface area contributed by atoms with Crippen molar-refractivity contribution in [3.8, 4) is 22.2 Å². The molecule has 0 radical (unpaired) electrons. The second kappa shape index (κ2) is 10.4. The van der Waals surface area contributed by atoms with Gasteiger partial charge in [-0.3, -0.25) is 0 Å².